The van der Waals surface area contributed by atoms with E-state index in [2.05, 4.69) is 4.99 Å². The van der Waals surface area contributed by atoms with Crippen molar-refractivity contribution in [2.24, 2.45) is 10.4 Å². The van der Waals surface area contributed by atoms with Crippen molar-refractivity contribution >= 4 is 29.3 Å². The fraction of sp³-hybridized carbons (Fsp3) is 0.286. The predicted molar refractivity (Wildman–Crippen MR) is 99.0 cm³/mol. The normalized spacial score (nSPS) is 15.4. The van der Waals surface area contributed by atoms with Crippen molar-refractivity contribution in [2.45, 2.75) is 33.1 Å². The maximum atomic E-state index is 12.5. The van der Waals surface area contributed by atoms with Gasteiger partial charge in [-0.25, -0.2) is 9.69 Å². The summed E-state index contributed by atoms with van der Waals surface area (Å²) >= 11 is 0. The van der Waals surface area contributed by atoms with Gasteiger partial charge in [-0.1, -0.05) is 38.1 Å². The highest BCUT2D eigenvalue weighted by atomic mass is 16.2. The Labute approximate surface area is 152 Å². The van der Waals surface area contributed by atoms with Crippen LogP contribution in [0.1, 0.15) is 37.8 Å². The Kier molecular flexibility index (Phi) is 4.83. The van der Waals surface area contributed by atoms with E-state index in [1.165, 1.54) is 11.0 Å². The number of rotatable bonds is 6. The van der Waals surface area contributed by atoms with Crippen LogP contribution >= 0.6 is 0 Å². The topological polar surface area (TPSA) is 66.8 Å². The van der Waals surface area contributed by atoms with E-state index >= 15 is 0 Å². The van der Waals surface area contributed by atoms with Gasteiger partial charge in [0.15, 0.2) is 0 Å². The van der Waals surface area contributed by atoms with Crippen LogP contribution in [0.3, 0.4) is 0 Å². The van der Waals surface area contributed by atoms with E-state index in [0.717, 1.165) is 11.1 Å². The molecule has 1 aliphatic rings. The molecule has 2 aromatic rings. The molecule has 0 spiro atoms. The zero-order valence-corrected chi connectivity index (χ0v) is 14.9. The van der Waals surface area contributed by atoms with Gasteiger partial charge in [-0.05, 0) is 54.7 Å². The van der Waals surface area contributed by atoms with Gasteiger partial charge in [-0.3, -0.25) is 9.59 Å². The highest BCUT2D eigenvalue weighted by molar-refractivity contribution is 6.36. The number of aliphatic imine (C=N–C) groups is 1. The fourth-order valence-corrected chi connectivity index (χ4v) is 3.39. The van der Waals surface area contributed by atoms with E-state index in [0.29, 0.717) is 30.6 Å². The predicted octanol–water partition coefficient (Wildman–Crippen LogP) is 3.92. The molecule has 2 amide bonds. The maximum Gasteiger partial charge on any atom is 0.249 e. The lowest BCUT2D eigenvalue weighted by atomic mass is 9.73. The number of hydrogen-bond donors (Lipinski definition) is 0. The van der Waals surface area contributed by atoms with Gasteiger partial charge in [0, 0.05) is 0 Å². The number of isocyanates is 1. The summed E-state index contributed by atoms with van der Waals surface area (Å²) in [4.78, 5) is 40.1. The Morgan fingerprint density at radius 1 is 0.885 bits per heavy atom. The second-order valence-electron chi connectivity index (χ2n) is 6.45. The Morgan fingerprint density at radius 2 is 1.38 bits per heavy atom. The Hall–Kier alpha value is -3.04. The smallest absolute Gasteiger partial charge is 0.249 e. The largest absolute Gasteiger partial charge is 0.273 e. The van der Waals surface area contributed by atoms with Crippen molar-refractivity contribution in [1.29, 1.82) is 0 Å². The van der Waals surface area contributed by atoms with Gasteiger partial charge < -0.3 is 0 Å². The minimum absolute atomic E-state index is 0.105. The molecule has 0 radical (unpaired) electrons. The van der Waals surface area contributed by atoms with E-state index in [1.807, 2.05) is 50.2 Å². The average Bonchev–Trinajstić information content (AvgIpc) is 2.66. The second-order valence-corrected chi connectivity index (χ2v) is 6.45. The molecule has 1 saturated heterocycles. The molecular formula is C21H20N2O3. The summed E-state index contributed by atoms with van der Waals surface area (Å²) in [5.74, 6) is -0.210. The number of amides is 2. The third-order valence-electron chi connectivity index (χ3n) is 5.15. The highest BCUT2D eigenvalue weighted by Gasteiger charge is 2.58. The van der Waals surface area contributed by atoms with Crippen LogP contribution in [-0.4, -0.2) is 17.9 Å². The number of hydrogen-bond acceptors (Lipinski definition) is 4. The first-order chi connectivity index (χ1) is 12.6. The molecular weight excluding hydrogens is 328 g/mol. The van der Waals surface area contributed by atoms with Gasteiger partial charge in [0.25, 0.3) is 0 Å². The summed E-state index contributed by atoms with van der Waals surface area (Å²) in [6.45, 7) is 3.76. The molecule has 5 heteroatoms. The van der Waals surface area contributed by atoms with Gasteiger partial charge in [0.05, 0.1) is 11.4 Å². The minimum Gasteiger partial charge on any atom is -0.273 e. The van der Waals surface area contributed by atoms with Gasteiger partial charge >= 0.3 is 0 Å². The zero-order chi connectivity index (χ0) is 18.7. The van der Waals surface area contributed by atoms with Crippen LogP contribution in [0.25, 0.3) is 0 Å². The molecule has 0 unspecified atom stereocenters. The molecule has 132 valence electrons. The molecule has 0 atom stereocenters. The molecule has 1 fully saturated rings. The summed E-state index contributed by atoms with van der Waals surface area (Å²) in [7, 11) is 0. The molecule has 0 bridgehead atoms. The van der Waals surface area contributed by atoms with Crippen LogP contribution < -0.4 is 4.90 Å². The monoisotopic (exact) mass is 348 g/mol. The molecule has 5 nitrogen and oxygen atoms in total. The standard InChI is InChI=1S/C21H20N2O3/c1-3-21(4-2)19(25)23(20(21)26)18-11-7-16(8-12-18)13-15-5-9-17(10-6-15)22-14-24/h5-12H,3-4,13H2,1-2H3. The van der Waals surface area contributed by atoms with Crippen molar-refractivity contribution in [1.82, 2.24) is 0 Å². The number of carbonyl (C=O) groups is 2. The quantitative estimate of drug-likeness (QED) is 0.344. The lowest BCUT2D eigenvalue weighted by Crippen LogP contribution is -2.66. The molecule has 0 aliphatic carbocycles. The van der Waals surface area contributed by atoms with Crippen molar-refractivity contribution in [3.63, 3.8) is 0 Å². The van der Waals surface area contributed by atoms with Crippen molar-refractivity contribution < 1.29 is 14.4 Å². The van der Waals surface area contributed by atoms with Crippen LogP contribution in [0.5, 0.6) is 0 Å². The molecule has 0 saturated carbocycles. The van der Waals surface area contributed by atoms with Crippen LogP contribution in [0.4, 0.5) is 11.4 Å². The Bertz CT molecular complexity index is 856. The third kappa shape index (κ3) is 2.87. The Morgan fingerprint density at radius 3 is 1.85 bits per heavy atom. The third-order valence-corrected chi connectivity index (χ3v) is 5.15. The zero-order valence-electron chi connectivity index (χ0n) is 14.9. The fourth-order valence-electron chi connectivity index (χ4n) is 3.39. The molecule has 0 aromatic heterocycles. The summed E-state index contributed by atoms with van der Waals surface area (Å²) < 4.78 is 0. The van der Waals surface area contributed by atoms with Crippen LogP contribution in [0.15, 0.2) is 53.5 Å². The van der Waals surface area contributed by atoms with Gasteiger partial charge in [0.2, 0.25) is 17.9 Å². The van der Waals surface area contributed by atoms with Gasteiger partial charge in [-0.2, -0.15) is 4.99 Å². The van der Waals surface area contributed by atoms with Gasteiger partial charge in [-0.15, -0.1) is 0 Å². The SMILES string of the molecule is CCC1(CC)C(=O)N(c2ccc(Cc3ccc(N=C=O)cc3)cc2)C1=O. The lowest BCUT2D eigenvalue weighted by molar-refractivity contribution is -0.153. The number of carbonyl (C=O) groups excluding carboxylic acids is 3. The Balaban J connectivity index is 1.72. The maximum absolute atomic E-state index is 12.5. The molecule has 1 aliphatic heterocycles. The van der Waals surface area contributed by atoms with E-state index < -0.39 is 5.41 Å². The highest BCUT2D eigenvalue weighted by Crippen LogP contribution is 2.42. The number of anilines is 1. The van der Waals surface area contributed by atoms with Gasteiger partial charge in [0.1, 0.15) is 5.41 Å². The number of benzene rings is 2. The van der Waals surface area contributed by atoms with E-state index in [4.69, 9.17) is 0 Å². The molecule has 1 heterocycles. The van der Waals surface area contributed by atoms with E-state index in [1.54, 1.807) is 12.1 Å². The molecule has 26 heavy (non-hydrogen) atoms. The summed E-state index contributed by atoms with van der Waals surface area (Å²) in [6, 6.07) is 14.8. The summed E-state index contributed by atoms with van der Waals surface area (Å²) in [6.07, 6.45) is 3.31. The van der Waals surface area contributed by atoms with Crippen LogP contribution in [-0.2, 0) is 20.8 Å². The van der Waals surface area contributed by atoms with Crippen molar-refractivity contribution in [3.8, 4) is 0 Å². The van der Waals surface area contributed by atoms with Crippen molar-refractivity contribution in [3.05, 3.63) is 59.7 Å². The van der Waals surface area contributed by atoms with Crippen LogP contribution in [0.2, 0.25) is 0 Å². The second kappa shape index (κ2) is 7.06. The molecule has 3 rings (SSSR count). The lowest BCUT2D eigenvalue weighted by Gasteiger charge is -2.45. The number of imide groups is 1. The van der Waals surface area contributed by atoms with E-state index in [-0.39, 0.29) is 11.8 Å². The summed E-state index contributed by atoms with van der Waals surface area (Å²) in [5, 5.41) is 0. The van der Waals surface area contributed by atoms with Crippen molar-refractivity contribution in [2.75, 3.05) is 4.90 Å². The first-order valence-corrected chi connectivity index (χ1v) is 8.70. The average molecular weight is 348 g/mol. The number of nitrogens with zero attached hydrogens (tertiary/aromatic N) is 2. The number of β-lactam (4-membered cyclic amide) rings is 2. The first kappa shape index (κ1) is 17.8. The molecule has 2 aromatic carbocycles. The van der Waals surface area contributed by atoms with E-state index in [9.17, 15) is 14.4 Å². The molecule has 0 N–H and O–H groups in total. The first-order valence-electron chi connectivity index (χ1n) is 8.70. The summed E-state index contributed by atoms with van der Waals surface area (Å²) in [5.41, 5.74) is 2.51. The minimum atomic E-state index is -0.829. The van der Waals surface area contributed by atoms with Crippen LogP contribution in [0, 0.1) is 5.41 Å².